The Morgan fingerprint density at radius 3 is 2.55 bits per heavy atom. The van der Waals surface area contributed by atoms with Crippen LogP contribution < -0.4 is 5.32 Å². The Bertz CT molecular complexity index is 1060. The van der Waals surface area contributed by atoms with Gasteiger partial charge in [-0.25, -0.2) is 9.97 Å². The SMILES string of the molecule is Cc1ccc2c(NCCCN(C)C)nc(-c3cc4ccccc4o3)nc2c1.Cl.Cl. The van der Waals surface area contributed by atoms with Crippen molar-refractivity contribution in [3.63, 3.8) is 0 Å². The van der Waals surface area contributed by atoms with E-state index in [1.165, 1.54) is 5.56 Å². The predicted molar refractivity (Wildman–Crippen MR) is 126 cm³/mol. The molecule has 0 saturated carbocycles. The van der Waals surface area contributed by atoms with E-state index in [1.54, 1.807) is 0 Å². The molecule has 7 heteroatoms. The van der Waals surface area contributed by atoms with Crippen molar-refractivity contribution in [1.29, 1.82) is 0 Å². The lowest BCUT2D eigenvalue weighted by atomic mass is 10.1. The van der Waals surface area contributed by atoms with Gasteiger partial charge in [-0.15, -0.1) is 24.8 Å². The van der Waals surface area contributed by atoms with E-state index in [-0.39, 0.29) is 24.8 Å². The molecule has 2 heterocycles. The Balaban J connectivity index is 0.00000150. The van der Waals surface area contributed by atoms with Crippen LogP contribution in [0.2, 0.25) is 0 Å². The highest BCUT2D eigenvalue weighted by atomic mass is 35.5. The lowest BCUT2D eigenvalue weighted by Crippen LogP contribution is -2.16. The van der Waals surface area contributed by atoms with Gasteiger partial charge in [-0.3, -0.25) is 0 Å². The van der Waals surface area contributed by atoms with Crippen LogP contribution in [0.25, 0.3) is 33.5 Å². The summed E-state index contributed by atoms with van der Waals surface area (Å²) in [5.74, 6) is 2.16. The molecule has 0 radical (unpaired) electrons. The molecule has 2 aromatic carbocycles. The molecule has 0 amide bonds. The summed E-state index contributed by atoms with van der Waals surface area (Å²) in [6, 6.07) is 16.2. The average molecular weight is 433 g/mol. The van der Waals surface area contributed by atoms with Crippen LogP contribution >= 0.6 is 24.8 Å². The van der Waals surface area contributed by atoms with Crippen LogP contribution in [-0.2, 0) is 0 Å². The van der Waals surface area contributed by atoms with Crippen molar-refractivity contribution < 1.29 is 4.42 Å². The number of para-hydroxylation sites is 1. The number of rotatable bonds is 6. The molecule has 0 spiro atoms. The van der Waals surface area contributed by atoms with E-state index in [4.69, 9.17) is 14.4 Å². The molecule has 0 fully saturated rings. The molecule has 5 nitrogen and oxygen atoms in total. The smallest absolute Gasteiger partial charge is 0.198 e. The summed E-state index contributed by atoms with van der Waals surface area (Å²) in [7, 11) is 4.17. The number of aromatic nitrogens is 2. The van der Waals surface area contributed by atoms with Crippen LogP contribution in [0.4, 0.5) is 5.82 Å². The molecule has 4 rings (SSSR count). The van der Waals surface area contributed by atoms with Crippen molar-refractivity contribution in [1.82, 2.24) is 14.9 Å². The minimum absolute atomic E-state index is 0. The van der Waals surface area contributed by atoms with Crippen molar-refractivity contribution in [3.8, 4) is 11.6 Å². The third-order valence-electron chi connectivity index (χ3n) is 4.57. The maximum atomic E-state index is 5.99. The highest BCUT2D eigenvalue weighted by Crippen LogP contribution is 2.29. The molecular formula is C22H26Cl2N4O. The summed E-state index contributed by atoms with van der Waals surface area (Å²) < 4.78 is 5.99. The van der Waals surface area contributed by atoms with E-state index in [1.807, 2.05) is 30.3 Å². The largest absolute Gasteiger partial charge is 0.453 e. The second-order valence-corrected chi connectivity index (χ2v) is 7.15. The number of hydrogen-bond acceptors (Lipinski definition) is 5. The Labute approximate surface area is 183 Å². The van der Waals surface area contributed by atoms with Crippen molar-refractivity contribution in [2.45, 2.75) is 13.3 Å². The highest BCUT2D eigenvalue weighted by Gasteiger charge is 2.13. The van der Waals surface area contributed by atoms with Gasteiger partial charge in [0.1, 0.15) is 11.4 Å². The third-order valence-corrected chi connectivity index (χ3v) is 4.57. The first-order valence-electron chi connectivity index (χ1n) is 9.26. The third kappa shape index (κ3) is 5.18. The van der Waals surface area contributed by atoms with E-state index in [9.17, 15) is 0 Å². The number of hydrogen-bond donors (Lipinski definition) is 1. The Morgan fingerprint density at radius 1 is 1.00 bits per heavy atom. The second kappa shape index (κ2) is 9.92. The summed E-state index contributed by atoms with van der Waals surface area (Å²) >= 11 is 0. The molecule has 0 aliphatic carbocycles. The molecule has 0 atom stereocenters. The summed E-state index contributed by atoms with van der Waals surface area (Å²) in [4.78, 5) is 11.7. The monoisotopic (exact) mass is 432 g/mol. The van der Waals surface area contributed by atoms with Gasteiger partial charge in [-0.2, -0.15) is 0 Å². The number of aryl methyl sites for hydroxylation is 1. The van der Waals surface area contributed by atoms with Crippen LogP contribution in [0.15, 0.2) is 52.9 Å². The fourth-order valence-corrected chi connectivity index (χ4v) is 3.18. The van der Waals surface area contributed by atoms with Gasteiger partial charge >= 0.3 is 0 Å². The second-order valence-electron chi connectivity index (χ2n) is 7.15. The maximum Gasteiger partial charge on any atom is 0.198 e. The molecular weight excluding hydrogens is 407 g/mol. The van der Waals surface area contributed by atoms with Crippen molar-refractivity contribution in [2.24, 2.45) is 0 Å². The van der Waals surface area contributed by atoms with E-state index < -0.39 is 0 Å². The first-order chi connectivity index (χ1) is 13.1. The quantitative estimate of drug-likeness (QED) is 0.404. The number of furan rings is 1. The normalized spacial score (nSPS) is 10.8. The topological polar surface area (TPSA) is 54.2 Å². The van der Waals surface area contributed by atoms with Crippen LogP contribution in [0.5, 0.6) is 0 Å². The number of halogens is 2. The van der Waals surface area contributed by atoms with E-state index in [2.05, 4.69) is 49.4 Å². The van der Waals surface area contributed by atoms with Gasteiger partial charge in [0, 0.05) is 17.3 Å². The van der Waals surface area contributed by atoms with Crippen LogP contribution in [-0.4, -0.2) is 42.1 Å². The van der Waals surface area contributed by atoms with E-state index in [0.717, 1.165) is 47.2 Å². The molecule has 4 aromatic rings. The van der Waals surface area contributed by atoms with Crippen LogP contribution in [0.3, 0.4) is 0 Å². The van der Waals surface area contributed by atoms with Crippen LogP contribution in [0, 0.1) is 6.92 Å². The van der Waals surface area contributed by atoms with Gasteiger partial charge in [0.15, 0.2) is 11.6 Å². The zero-order valence-electron chi connectivity index (χ0n) is 16.8. The van der Waals surface area contributed by atoms with Gasteiger partial charge < -0.3 is 14.6 Å². The highest BCUT2D eigenvalue weighted by molar-refractivity contribution is 5.91. The molecule has 0 saturated heterocycles. The number of fused-ring (bicyclic) bond motifs is 2. The number of nitrogens with zero attached hydrogens (tertiary/aromatic N) is 3. The fraction of sp³-hybridized carbons (Fsp3) is 0.273. The Morgan fingerprint density at radius 2 is 1.79 bits per heavy atom. The molecule has 2 aromatic heterocycles. The number of benzene rings is 2. The van der Waals surface area contributed by atoms with Gasteiger partial charge in [-0.05, 0) is 63.8 Å². The zero-order valence-corrected chi connectivity index (χ0v) is 18.4. The lowest BCUT2D eigenvalue weighted by molar-refractivity contribution is 0.405. The molecule has 154 valence electrons. The maximum absolute atomic E-state index is 5.99. The molecule has 0 aliphatic heterocycles. The number of nitrogens with one attached hydrogen (secondary N) is 1. The Kier molecular flexibility index (Phi) is 7.85. The van der Waals surface area contributed by atoms with Gasteiger partial charge in [0.25, 0.3) is 0 Å². The van der Waals surface area contributed by atoms with Gasteiger partial charge in [0.2, 0.25) is 0 Å². The molecule has 29 heavy (non-hydrogen) atoms. The van der Waals surface area contributed by atoms with Gasteiger partial charge in [-0.1, -0.05) is 24.3 Å². The minimum atomic E-state index is 0. The molecule has 0 aliphatic rings. The van der Waals surface area contributed by atoms with Crippen molar-refractivity contribution in [2.75, 3.05) is 32.5 Å². The van der Waals surface area contributed by atoms with E-state index >= 15 is 0 Å². The number of anilines is 1. The average Bonchev–Trinajstić information content (AvgIpc) is 3.08. The first-order valence-corrected chi connectivity index (χ1v) is 9.26. The molecule has 1 N–H and O–H groups in total. The Hall–Kier alpha value is -2.34. The summed E-state index contributed by atoms with van der Waals surface area (Å²) in [5, 5.41) is 5.58. The fourth-order valence-electron chi connectivity index (χ4n) is 3.18. The predicted octanol–water partition coefficient (Wildman–Crippen LogP) is 5.56. The van der Waals surface area contributed by atoms with Crippen molar-refractivity contribution in [3.05, 3.63) is 54.1 Å². The summed E-state index contributed by atoms with van der Waals surface area (Å²) in [6.45, 7) is 3.97. The van der Waals surface area contributed by atoms with E-state index in [0.29, 0.717) is 11.6 Å². The minimum Gasteiger partial charge on any atom is -0.453 e. The summed E-state index contributed by atoms with van der Waals surface area (Å²) in [5.41, 5.74) is 2.95. The molecule has 0 bridgehead atoms. The first kappa shape index (κ1) is 22.9. The summed E-state index contributed by atoms with van der Waals surface area (Å²) in [6.07, 6.45) is 1.05. The van der Waals surface area contributed by atoms with Crippen molar-refractivity contribution >= 4 is 52.5 Å². The lowest BCUT2D eigenvalue weighted by Gasteiger charge is -2.12. The van der Waals surface area contributed by atoms with Gasteiger partial charge in [0.05, 0.1) is 5.52 Å². The zero-order chi connectivity index (χ0) is 18.8. The molecule has 0 unspecified atom stereocenters. The van der Waals surface area contributed by atoms with Crippen LogP contribution in [0.1, 0.15) is 12.0 Å². The standard InChI is InChI=1S/C22H24N4O.2ClH/c1-15-9-10-17-18(13-15)24-22(25-21(17)23-11-6-12-26(2)3)20-14-16-7-4-5-8-19(16)27-20;;/h4-5,7-10,13-14H,6,11-12H2,1-3H3,(H,23,24,25);2*1H.